The zero-order valence-corrected chi connectivity index (χ0v) is 22.7. The first-order chi connectivity index (χ1) is 14.9. The maximum absolute atomic E-state index is 3.53. The first-order valence-electron chi connectivity index (χ1n) is 12.6. The Hall–Kier alpha value is -1.20. The Kier molecular flexibility index (Phi) is 6.39. The van der Waals surface area contributed by atoms with Gasteiger partial charge in [-0.25, -0.2) is 0 Å². The van der Waals surface area contributed by atoms with Gasteiger partial charge in [0.2, 0.25) is 0 Å². The van der Waals surface area contributed by atoms with Crippen molar-refractivity contribution in [1.29, 1.82) is 0 Å². The summed E-state index contributed by atoms with van der Waals surface area (Å²) in [5.41, 5.74) is 7.08. The van der Waals surface area contributed by atoms with Crippen LogP contribution in [0.5, 0.6) is 0 Å². The molecule has 3 aliphatic rings. The molecule has 1 aromatic rings. The summed E-state index contributed by atoms with van der Waals surface area (Å²) >= 11 is 0. The second kappa shape index (κ2) is 8.54. The van der Waals surface area contributed by atoms with Gasteiger partial charge in [-0.15, -0.1) is 0 Å². The number of nitrogens with zero attached hydrogens (tertiary/aromatic N) is 1. The number of hydrogen-bond acceptors (Lipinski definition) is 3. The van der Waals surface area contributed by atoms with E-state index in [1.807, 2.05) is 0 Å². The van der Waals surface area contributed by atoms with E-state index in [4.69, 9.17) is 0 Å². The van der Waals surface area contributed by atoms with Crippen LogP contribution >= 0.6 is 0 Å². The fraction of sp³-hybridized carbons (Fsp3) is 0.643. The second-order valence-corrected chi connectivity index (χ2v) is 17.5. The molecule has 176 valence electrons. The molecule has 2 N–H and O–H groups in total. The Morgan fingerprint density at radius 1 is 0.875 bits per heavy atom. The molecular formula is C28H45N3Si. The highest BCUT2D eigenvalue weighted by atomic mass is 28.3. The van der Waals surface area contributed by atoms with E-state index in [9.17, 15) is 0 Å². The van der Waals surface area contributed by atoms with Gasteiger partial charge in [0.1, 0.15) is 8.24 Å². The van der Waals surface area contributed by atoms with Crippen LogP contribution in [0.3, 0.4) is 0 Å². The molecule has 2 fully saturated rings. The average molecular weight is 452 g/mol. The van der Waals surface area contributed by atoms with Crippen LogP contribution in [0.15, 0.2) is 36.4 Å². The summed E-state index contributed by atoms with van der Waals surface area (Å²) in [7, 11) is -1.56. The molecule has 4 heteroatoms. The molecule has 3 unspecified atom stereocenters. The van der Waals surface area contributed by atoms with E-state index >= 15 is 0 Å². The summed E-state index contributed by atoms with van der Waals surface area (Å²) in [5.74, 6) is 1.33. The van der Waals surface area contributed by atoms with Gasteiger partial charge >= 0.3 is 0 Å². The second-order valence-electron chi connectivity index (χ2n) is 12.9. The van der Waals surface area contributed by atoms with Crippen LogP contribution in [0.4, 0.5) is 0 Å². The van der Waals surface area contributed by atoms with Gasteiger partial charge in [0.15, 0.2) is 0 Å². The Bertz CT molecular complexity index is 862. The highest BCUT2D eigenvalue weighted by Gasteiger charge is 2.48. The highest BCUT2D eigenvalue weighted by Crippen LogP contribution is 2.54. The van der Waals surface area contributed by atoms with E-state index in [2.05, 4.69) is 106 Å². The number of fused-ring (bicyclic) bond motifs is 1. The molecule has 3 atom stereocenters. The van der Waals surface area contributed by atoms with Gasteiger partial charge in [-0.1, -0.05) is 97.5 Å². The molecule has 0 spiro atoms. The van der Waals surface area contributed by atoms with E-state index in [0.717, 1.165) is 25.5 Å². The van der Waals surface area contributed by atoms with Crippen molar-refractivity contribution in [3.05, 3.63) is 53.1 Å². The summed E-state index contributed by atoms with van der Waals surface area (Å²) in [4.78, 5) is 0. The standard InChI is InChI=1S/C28H45N3Si/c1-27(2,3)21-14-20(15-22(16-21)28(4,5)6)23-10-9-11-25-24(23)12-13-26(25)32(7,8)31-18-29-17-30-19-31/h9-11,14-16,24-26,29-30H,12-13,17-19H2,1-8H3. The van der Waals surface area contributed by atoms with Gasteiger partial charge in [-0.2, -0.15) is 0 Å². The molecule has 1 saturated carbocycles. The maximum Gasteiger partial charge on any atom is 0.128 e. The molecule has 1 heterocycles. The summed E-state index contributed by atoms with van der Waals surface area (Å²) < 4.78 is 2.73. The van der Waals surface area contributed by atoms with Gasteiger partial charge in [0.05, 0.1) is 0 Å². The van der Waals surface area contributed by atoms with Gasteiger partial charge in [-0.3, -0.25) is 15.2 Å². The van der Waals surface area contributed by atoms with Crippen LogP contribution in [0.1, 0.15) is 71.1 Å². The predicted molar refractivity (Wildman–Crippen MR) is 141 cm³/mol. The molecule has 32 heavy (non-hydrogen) atoms. The number of nitrogens with one attached hydrogen (secondary N) is 2. The molecule has 0 bridgehead atoms. The predicted octanol–water partition coefficient (Wildman–Crippen LogP) is 6.20. The number of rotatable bonds is 3. The number of hydrogen-bond donors (Lipinski definition) is 2. The third-order valence-corrected chi connectivity index (χ3v) is 12.7. The first kappa shape index (κ1) is 23.9. The minimum Gasteiger partial charge on any atom is -0.299 e. The van der Waals surface area contributed by atoms with Crippen molar-refractivity contribution in [3.8, 4) is 0 Å². The van der Waals surface area contributed by atoms with Gasteiger partial charge in [-0.05, 0) is 56.9 Å². The van der Waals surface area contributed by atoms with Crippen LogP contribution in [-0.2, 0) is 10.8 Å². The summed E-state index contributed by atoms with van der Waals surface area (Å²) in [6.07, 6.45) is 10.0. The van der Waals surface area contributed by atoms with Crippen molar-refractivity contribution < 1.29 is 0 Å². The molecule has 1 saturated heterocycles. The Morgan fingerprint density at radius 3 is 2.03 bits per heavy atom. The fourth-order valence-corrected chi connectivity index (χ4v) is 9.70. The molecule has 0 radical (unpaired) electrons. The van der Waals surface area contributed by atoms with Gasteiger partial charge in [0.25, 0.3) is 0 Å². The smallest absolute Gasteiger partial charge is 0.128 e. The number of allylic oxidation sites excluding steroid dienone is 4. The fourth-order valence-electron chi connectivity index (χ4n) is 6.03. The zero-order chi connectivity index (χ0) is 23.3. The minimum absolute atomic E-state index is 0.155. The molecule has 1 aliphatic heterocycles. The molecule has 2 aliphatic carbocycles. The van der Waals surface area contributed by atoms with Crippen molar-refractivity contribution in [1.82, 2.24) is 15.2 Å². The monoisotopic (exact) mass is 451 g/mol. The van der Waals surface area contributed by atoms with Crippen molar-refractivity contribution in [2.45, 2.75) is 83.8 Å². The van der Waals surface area contributed by atoms with Crippen LogP contribution < -0.4 is 10.6 Å². The molecular weight excluding hydrogens is 406 g/mol. The summed E-state index contributed by atoms with van der Waals surface area (Å²) in [6.45, 7) is 22.3. The van der Waals surface area contributed by atoms with Crippen molar-refractivity contribution in [2.75, 3.05) is 20.0 Å². The van der Waals surface area contributed by atoms with E-state index in [1.54, 1.807) is 5.57 Å². The summed E-state index contributed by atoms with van der Waals surface area (Å²) in [6, 6.07) is 7.43. The molecule has 1 aromatic carbocycles. The Balaban J connectivity index is 1.67. The minimum atomic E-state index is -1.56. The van der Waals surface area contributed by atoms with E-state index in [-0.39, 0.29) is 10.8 Å². The third kappa shape index (κ3) is 4.57. The molecule has 3 nitrogen and oxygen atoms in total. The van der Waals surface area contributed by atoms with Crippen LogP contribution in [0.25, 0.3) is 5.57 Å². The quantitative estimate of drug-likeness (QED) is 0.535. The lowest BCUT2D eigenvalue weighted by Crippen LogP contribution is -2.63. The van der Waals surface area contributed by atoms with Crippen molar-refractivity contribution in [3.63, 3.8) is 0 Å². The van der Waals surface area contributed by atoms with Crippen LogP contribution in [-0.4, -0.2) is 32.8 Å². The van der Waals surface area contributed by atoms with Crippen molar-refractivity contribution >= 4 is 13.8 Å². The molecule has 0 aromatic heterocycles. The van der Waals surface area contributed by atoms with Gasteiger partial charge in [0, 0.05) is 20.0 Å². The van der Waals surface area contributed by atoms with E-state index in [1.165, 1.54) is 29.5 Å². The highest BCUT2D eigenvalue weighted by molar-refractivity contribution is 6.76. The topological polar surface area (TPSA) is 27.3 Å². The lowest BCUT2D eigenvalue weighted by Gasteiger charge is -2.45. The number of benzene rings is 1. The SMILES string of the molecule is CC(C)(C)c1cc(C2=CC=CC3C2CCC3[Si](C)(C)N2CNCNC2)cc(C(C)(C)C)c1. The Morgan fingerprint density at radius 2 is 1.47 bits per heavy atom. The lowest BCUT2D eigenvalue weighted by molar-refractivity contribution is 0.283. The molecule has 0 amide bonds. The zero-order valence-electron chi connectivity index (χ0n) is 21.7. The maximum atomic E-state index is 3.53. The largest absolute Gasteiger partial charge is 0.299 e. The summed E-state index contributed by atoms with van der Waals surface area (Å²) in [5, 5.41) is 7.06. The van der Waals surface area contributed by atoms with Crippen LogP contribution in [0, 0.1) is 11.8 Å². The first-order valence-corrected chi connectivity index (χ1v) is 15.6. The third-order valence-electron chi connectivity index (χ3n) is 8.30. The Labute approximate surface area is 197 Å². The normalized spacial score (nSPS) is 27.4. The molecule has 4 rings (SSSR count). The lowest BCUT2D eigenvalue weighted by atomic mass is 9.75. The van der Waals surface area contributed by atoms with E-state index < -0.39 is 8.24 Å². The average Bonchev–Trinajstić information content (AvgIpc) is 3.18. The van der Waals surface area contributed by atoms with Gasteiger partial charge < -0.3 is 0 Å². The van der Waals surface area contributed by atoms with Crippen molar-refractivity contribution in [2.24, 2.45) is 11.8 Å². The van der Waals surface area contributed by atoms with E-state index in [0.29, 0.717) is 11.8 Å². The van der Waals surface area contributed by atoms with Crippen LogP contribution in [0.2, 0.25) is 18.6 Å².